The van der Waals surface area contributed by atoms with Gasteiger partial charge in [-0.25, -0.2) is 0 Å². The van der Waals surface area contributed by atoms with Crippen molar-refractivity contribution >= 4 is 22.7 Å². The van der Waals surface area contributed by atoms with Gasteiger partial charge in [-0.3, -0.25) is 11.3 Å². The molecule has 0 bridgehead atoms. The fourth-order valence-corrected chi connectivity index (χ4v) is 5.01. The summed E-state index contributed by atoms with van der Waals surface area (Å²) < 4.78 is 0. The highest BCUT2D eigenvalue weighted by Gasteiger charge is 2.20. The van der Waals surface area contributed by atoms with Crippen LogP contribution < -0.4 is 11.3 Å². The lowest BCUT2D eigenvalue weighted by atomic mass is 10.1. The Bertz CT molecular complexity index is 535. The third kappa shape index (κ3) is 2.77. The van der Waals surface area contributed by atoms with Gasteiger partial charge in [0, 0.05) is 25.9 Å². The Morgan fingerprint density at radius 2 is 2.11 bits per heavy atom. The summed E-state index contributed by atoms with van der Waals surface area (Å²) in [6.45, 7) is 2.21. The van der Waals surface area contributed by atoms with Crippen LogP contribution in [0.3, 0.4) is 0 Å². The number of rotatable bonds is 5. The molecule has 0 saturated carbocycles. The molecule has 2 heterocycles. The Labute approximate surface area is 122 Å². The van der Waals surface area contributed by atoms with E-state index in [0.717, 1.165) is 12.8 Å². The Balaban J connectivity index is 1.76. The Morgan fingerprint density at radius 1 is 1.26 bits per heavy atom. The Kier molecular flexibility index (Phi) is 4.03. The van der Waals surface area contributed by atoms with Gasteiger partial charge >= 0.3 is 0 Å². The van der Waals surface area contributed by atoms with Gasteiger partial charge in [-0.15, -0.1) is 22.7 Å². The first-order chi connectivity index (χ1) is 9.30. The van der Waals surface area contributed by atoms with Crippen molar-refractivity contribution in [1.29, 1.82) is 0 Å². The van der Waals surface area contributed by atoms with E-state index in [4.69, 9.17) is 5.84 Å². The van der Waals surface area contributed by atoms with Gasteiger partial charge in [0.1, 0.15) is 0 Å². The van der Waals surface area contributed by atoms with E-state index in [1.54, 1.807) is 10.4 Å². The molecule has 1 aliphatic rings. The zero-order valence-electron chi connectivity index (χ0n) is 11.2. The fourth-order valence-electron chi connectivity index (χ4n) is 2.69. The van der Waals surface area contributed by atoms with Crippen LogP contribution in [0.5, 0.6) is 0 Å². The number of aryl methyl sites for hydroxylation is 3. The van der Waals surface area contributed by atoms with E-state index in [-0.39, 0.29) is 6.04 Å². The second-order valence-electron chi connectivity index (χ2n) is 5.10. The van der Waals surface area contributed by atoms with Crippen LogP contribution in [0.25, 0.3) is 0 Å². The molecule has 1 unspecified atom stereocenters. The topological polar surface area (TPSA) is 38.0 Å². The number of fused-ring (bicyclic) bond motifs is 1. The van der Waals surface area contributed by atoms with Crippen LogP contribution in [-0.4, -0.2) is 0 Å². The average molecular weight is 292 g/mol. The molecule has 2 aromatic heterocycles. The molecule has 1 atom stereocenters. The van der Waals surface area contributed by atoms with Gasteiger partial charge in [-0.05, 0) is 49.4 Å². The van der Waals surface area contributed by atoms with E-state index < -0.39 is 0 Å². The number of hydrazine groups is 1. The predicted octanol–water partition coefficient (Wildman–Crippen LogP) is 3.61. The van der Waals surface area contributed by atoms with Crippen molar-refractivity contribution in [1.82, 2.24) is 5.43 Å². The van der Waals surface area contributed by atoms with Crippen molar-refractivity contribution in [3.05, 3.63) is 43.3 Å². The molecule has 3 N–H and O–H groups in total. The lowest BCUT2D eigenvalue weighted by Gasteiger charge is -2.13. The van der Waals surface area contributed by atoms with Gasteiger partial charge in [-0.1, -0.05) is 6.92 Å². The molecule has 0 radical (unpaired) electrons. The first-order valence-corrected chi connectivity index (χ1v) is 8.58. The molecule has 0 amide bonds. The molecule has 19 heavy (non-hydrogen) atoms. The van der Waals surface area contributed by atoms with Crippen LogP contribution >= 0.6 is 22.7 Å². The second-order valence-corrected chi connectivity index (χ2v) is 7.52. The largest absolute Gasteiger partial charge is 0.271 e. The lowest BCUT2D eigenvalue weighted by molar-refractivity contribution is 0.564. The van der Waals surface area contributed by atoms with E-state index in [1.165, 1.54) is 33.9 Å². The van der Waals surface area contributed by atoms with Crippen LogP contribution in [0.1, 0.15) is 44.5 Å². The van der Waals surface area contributed by atoms with Crippen LogP contribution in [0, 0.1) is 0 Å². The van der Waals surface area contributed by atoms with Gasteiger partial charge in [0.15, 0.2) is 0 Å². The summed E-state index contributed by atoms with van der Waals surface area (Å²) in [6.07, 6.45) is 5.96. The van der Waals surface area contributed by atoms with E-state index in [2.05, 4.69) is 30.5 Å². The highest BCUT2D eigenvalue weighted by molar-refractivity contribution is 7.12. The summed E-state index contributed by atoms with van der Waals surface area (Å²) in [5, 5.41) is 0. The van der Waals surface area contributed by atoms with Crippen molar-refractivity contribution in [3.63, 3.8) is 0 Å². The molecule has 0 saturated heterocycles. The van der Waals surface area contributed by atoms with Crippen molar-refractivity contribution < 1.29 is 0 Å². The third-order valence-corrected chi connectivity index (χ3v) is 6.38. The zero-order chi connectivity index (χ0) is 13.2. The van der Waals surface area contributed by atoms with Gasteiger partial charge in [0.05, 0.1) is 6.04 Å². The van der Waals surface area contributed by atoms with Gasteiger partial charge in [0.25, 0.3) is 0 Å². The summed E-state index contributed by atoms with van der Waals surface area (Å²) in [5.41, 5.74) is 4.56. The summed E-state index contributed by atoms with van der Waals surface area (Å²) in [4.78, 5) is 5.86. The third-order valence-electron chi connectivity index (χ3n) is 3.78. The minimum atomic E-state index is 0.263. The van der Waals surface area contributed by atoms with E-state index in [9.17, 15) is 0 Å². The number of hydrogen-bond acceptors (Lipinski definition) is 4. The molecule has 2 nitrogen and oxygen atoms in total. The molecule has 1 aliphatic carbocycles. The molecular weight excluding hydrogens is 272 g/mol. The van der Waals surface area contributed by atoms with Gasteiger partial charge in [-0.2, -0.15) is 0 Å². The molecule has 102 valence electrons. The second kappa shape index (κ2) is 5.75. The summed E-state index contributed by atoms with van der Waals surface area (Å²) in [5.74, 6) is 5.77. The first-order valence-electron chi connectivity index (χ1n) is 6.95. The highest BCUT2D eigenvalue weighted by atomic mass is 32.1. The number of hydrogen-bond donors (Lipinski definition) is 2. The standard InChI is InChI=1S/C15H20N2S2/c1-2-11-6-7-12(18-11)9-13(17-16)15-8-10-4-3-5-14(10)19-15/h6-8,13,17H,2-5,9,16H2,1H3. The van der Waals surface area contributed by atoms with Crippen LogP contribution in [0.4, 0.5) is 0 Å². The van der Waals surface area contributed by atoms with Crippen molar-refractivity contribution in [3.8, 4) is 0 Å². The molecule has 0 aromatic carbocycles. The van der Waals surface area contributed by atoms with Crippen LogP contribution in [0.15, 0.2) is 18.2 Å². The van der Waals surface area contributed by atoms with Crippen molar-refractivity contribution in [2.24, 2.45) is 5.84 Å². The smallest absolute Gasteiger partial charge is 0.0601 e. The molecule has 0 fully saturated rings. The van der Waals surface area contributed by atoms with Gasteiger partial charge < -0.3 is 0 Å². The van der Waals surface area contributed by atoms with Crippen molar-refractivity contribution in [2.75, 3.05) is 0 Å². The van der Waals surface area contributed by atoms with E-state index in [1.807, 2.05) is 22.7 Å². The molecule has 0 spiro atoms. The average Bonchev–Trinajstić information content (AvgIpc) is 3.10. The summed E-state index contributed by atoms with van der Waals surface area (Å²) >= 11 is 3.86. The normalized spacial score (nSPS) is 15.7. The number of nitrogens with two attached hydrogens (primary N) is 1. The molecule has 4 heteroatoms. The molecular formula is C15H20N2S2. The predicted molar refractivity (Wildman–Crippen MR) is 83.8 cm³/mol. The van der Waals surface area contributed by atoms with Gasteiger partial charge in [0.2, 0.25) is 0 Å². The maximum Gasteiger partial charge on any atom is 0.0601 e. The van der Waals surface area contributed by atoms with Crippen molar-refractivity contribution in [2.45, 2.75) is 45.1 Å². The molecule has 0 aliphatic heterocycles. The maximum absolute atomic E-state index is 5.77. The van der Waals surface area contributed by atoms with Crippen LogP contribution in [0.2, 0.25) is 0 Å². The fraction of sp³-hybridized carbons (Fsp3) is 0.467. The number of nitrogens with one attached hydrogen (secondary N) is 1. The first kappa shape index (κ1) is 13.3. The SMILES string of the molecule is CCc1ccc(CC(NN)c2cc3c(s2)CCC3)s1. The van der Waals surface area contributed by atoms with E-state index >= 15 is 0 Å². The summed E-state index contributed by atoms with van der Waals surface area (Å²) in [6, 6.07) is 7.11. The minimum absolute atomic E-state index is 0.263. The number of thiophene rings is 2. The molecule has 2 aromatic rings. The molecule has 3 rings (SSSR count). The quantitative estimate of drug-likeness (QED) is 0.652. The Morgan fingerprint density at radius 3 is 2.79 bits per heavy atom. The zero-order valence-corrected chi connectivity index (χ0v) is 12.9. The maximum atomic E-state index is 5.77. The highest BCUT2D eigenvalue weighted by Crippen LogP contribution is 2.35. The Hall–Kier alpha value is -0.680. The van der Waals surface area contributed by atoms with Crippen LogP contribution in [-0.2, 0) is 25.7 Å². The monoisotopic (exact) mass is 292 g/mol. The summed E-state index contributed by atoms with van der Waals surface area (Å²) in [7, 11) is 0. The van der Waals surface area contributed by atoms with E-state index in [0.29, 0.717) is 0 Å². The minimum Gasteiger partial charge on any atom is -0.271 e. The lowest BCUT2D eigenvalue weighted by Crippen LogP contribution is -2.28.